The fraction of sp³-hybridized carbons (Fsp3) is 0.661. The van der Waals surface area contributed by atoms with Crippen LogP contribution in [0.25, 0.3) is 0 Å². The fourth-order valence-corrected chi connectivity index (χ4v) is 8.17. The lowest BCUT2D eigenvalue weighted by Gasteiger charge is -2.21. The Kier molecular flexibility index (Phi) is 52.5. The molecule has 0 aromatic carbocycles. The first-order chi connectivity index (χ1) is 36.2. The minimum absolute atomic E-state index is 0.0757. The highest BCUT2D eigenvalue weighted by atomic mass is 31.2. The van der Waals surface area contributed by atoms with Gasteiger partial charge in [-0.3, -0.25) is 23.4 Å². The summed E-state index contributed by atoms with van der Waals surface area (Å²) in [5.41, 5.74) is 0. The van der Waals surface area contributed by atoms with Crippen molar-refractivity contribution < 1.29 is 52.2 Å². The van der Waals surface area contributed by atoms with E-state index in [1.807, 2.05) is 12.2 Å². The number of carbonyl (C=O) groups is 3. The Morgan fingerprint density at radius 2 is 0.716 bits per heavy atom. The van der Waals surface area contributed by atoms with Gasteiger partial charge in [0.15, 0.2) is 6.10 Å². The molecule has 422 valence electrons. The third-order valence-electron chi connectivity index (χ3n) is 11.7. The molecule has 3 unspecified atom stereocenters. The molecule has 12 heteroatoms. The van der Waals surface area contributed by atoms with E-state index in [0.29, 0.717) is 25.7 Å². The second kappa shape index (κ2) is 55.4. The quantitative estimate of drug-likeness (QED) is 0.0197. The maximum absolute atomic E-state index is 12.9. The summed E-state index contributed by atoms with van der Waals surface area (Å²) in [6.07, 6.45) is 66.3. The highest BCUT2D eigenvalue weighted by Crippen LogP contribution is 2.43. The zero-order valence-corrected chi connectivity index (χ0v) is 47.4. The van der Waals surface area contributed by atoms with Gasteiger partial charge in [0, 0.05) is 19.3 Å². The van der Waals surface area contributed by atoms with Crippen molar-refractivity contribution in [3.05, 3.63) is 109 Å². The number of esters is 3. The standard InChI is InChI=1S/C62H103O11P/c1-4-7-10-13-16-19-22-25-28-29-32-35-38-41-44-47-50-53-62(66)73-59(55-69-60(64)51-48-45-42-39-36-33-30-26-23-20-17-14-11-8-5-2)57-71-74(67,68)70-56-58(54-63)72-61(65)52-49-46-43-40-37-34-31-27-24-21-18-15-12-9-6-3/h7-8,10-11,16-17,19-20,25-26,28,30,32,35-36,39,41,44,58-59,63H,4-6,9,12-15,18,21-24,27,29,31,33-34,37-38,40,42-43,45-57H2,1-3H3,(H,67,68)/b10-7-,11-8-,19-16-,20-17-,28-25-,30-26-,35-32-,39-36-,44-41-. The molecular weight excluding hydrogens is 952 g/mol. The van der Waals surface area contributed by atoms with Crippen LogP contribution in [-0.2, 0) is 42.2 Å². The Hall–Kier alpha value is -3.86. The number of hydrogen-bond donors (Lipinski definition) is 2. The average molecular weight is 1060 g/mol. The van der Waals surface area contributed by atoms with Crippen LogP contribution in [0.4, 0.5) is 0 Å². The van der Waals surface area contributed by atoms with Crippen LogP contribution >= 0.6 is 7.82 Å². The molecule has 0 rings (SSSR count). The molecule has 0 saturated carbocycles. The van der Waals surface area contributed by atoms with E-state index in [9.17, 15) is 28.9 Å². The first-order valence-corrected chi connectivity index (χ1v) is 30.3. The van der Waals surface area contributed by atoms with Gasteiger partial charge in [-0.2, -0.15) is 0 Å². The summed E-state index contributed by atoms with van der Waals surface area (Å²) in [5.74, 6) is -1.59. The van der Waals surface area contributed by atoms with Gasteiger partial charge in [0.05, 0.1) is 19.8 Å². The second-order valence-corrected chi connectivity index (χ2v) is 20.1. The Bertz CT molecular complexity index is 1660. The van der Waals surface area contributed by atoms with Crippen molar-refractivity contribution in [2.75, 3.05) is 26.4 Å². The Balaban J connectivity index is 4.86. The number of unbranched alkanes of at least 4 members (excludes halogenated alkanes) is 17. The molecule has 0 aromatic rings. The van der Waals surface area contributed by atoms with E-state index in [4.69, 9.17) is 23.3 Å². The molecule has 11 nitrogen and oxygen atoms in total. The normalized spacial score (nSPS) is 14.2. The smallest absolute Gasteiger partial charge is 0.462 e. The summed E-state index contributed by atoms with van der Waals surface area (Å²) in [6.45, 7) is 4.30. The lowest BCUT2D eigenvalue weighted by atomic mass is 10.0. The van der Waals surface area contributed by atoms with Crippen molar-refractivity contribution in [3.8, 4) is 0 Å². The van der Waals surface area contributed by atoms with E-state index in [-0.39, 0.29) is 25.9 Å². The van der Waals surface area contributed by atoms with E-state index in [1.54, 1.807) is 0 Å². The van der Waals surface area contributed by atoms with E-state index in [2.05, 4.69) is 118 Å². The Labute approximate surface area is 450 Å². The van der Waals surface area contributed by atoms with Crippen molar-refractivity contribution in [1.29, 1.82) is 0 Å². The molecule has 0 bridgehead atoms. The number of carbonyl (C=O) groups excluding carboxylic acids is 3. The highest BCUT2D eigenvalue weighted by molar-refractivity contribution is 7.47. The topological polar surface area (TPSA) is 155 Å². The molecular formula is C62H103O11P. The molecule has 0 radical (unpaired) electrons. The summed E-state index contributed by atoms with van der Waals surface area (Å²) in [6, 6.07) is 0. The maximum Gasteiger partial charge on any atom is 0.472 e. The largest absolute Gasteiger partial charge is 0.472 e. The number of hydrogen-bond acceptors (Lipinski definition) is 10. The number of phosphoric acid groups is 1. The number of rotatable bonds is 52. The van der Waals surface area contributed by atoms with Crippen LogP contribution in [0, 0.1) is 0 Å². The molecule has 0 saturated heterocycles. The number of allylic oxidation sites excluding steroid dienone is 18. The molecule has 3 atom stereocenters. The van der Waals surface area contributed by atoms with E-state index in [0.717, 1.165) is 89.9 Å². The average Bonchev–Trinajstić information content (AvgIpc) is 3.39. The molecule has 2 N–H and O–H groups in total. The predicted molar refractivity (Wildman–Crippen MR) is 307 cm³/mol. The van der Waals surface area contributed by atoms with Crippen LogP contribution in [0.2, 0.25) is 0 Å². The second-order valence-electron chi connectivity index (χ2n) is 18.7. The molecule has 0 aliphatic heterocycles. The highest BCUT2D eigenvalue weighted by Gasteiger charge is 2.28. The first kappa shape index (κ1) is 70.1. The van der Waals surface area contributed by atoms with Crippen LogP contribution in [0.5, 0.6) is 0 Å². The van der Waals surface area contributed by atoms with Gasteiger partial charge < -0.3 is 24.2 Å². The number of aliphatic hydroxyl groups excluding tert-OH is 1. The number of ether oxygens (including phenoxy) is 3. The van der Waals surface area contributed by atoms with Gasteiger partial charge in [0.25, 0.3) is 0 Å². The van der Waals surface area contributed by atoms with Crippen LogP contribution in [-0.4, -0.2) is 66.5 Å². The van der Waals surface area contributed by atoms with Crippen LogP contribution in [0.15, 0.2) is 109 Å². The summed E-state index contributed by atoms with van der Waals surface area (Å²) in [4.78, 5) is 48.5. The molecule has 0 fully saturated rings. The van der Waals surface area contributed by atoms with Crippen molar-refractivity contribution in [3.63, 3.8) is 0 Å². The van der Waals surface area contributed by atoms with Crippen molar-refractivity contribution >= 4 is 25.7 Å². The summed E-state index contributed by atoms with van der Waals surface area (Å²) >= 11 is 0. The van der Waals surface area contributed by atoms with Crippen LogP contribution in [0.1, 0.15) is 226 Å². The third-order valence-corrected chi connectivity index (χ3v) is 12.6. The van der Waals surface area contributed by atoms with Crippen LogP contribution in [0.3, 0.4) is 0 Å². The van der Waals surface area contributed by atoms with Gasteiger partial charge in [0.2, 0.25) is 0 Å². The third kappa shape index (κ3) is 53.0. The predicted octanol–water partition coefficient (Wildman–Crippen LogP) is 17.0. The number of phosphoric ester groups is 1. The lowest BCUT2D eigenvalue weighted by molar-refractivity contribution is -0.161. The van der Waals surface area contributed by atoms with Gasteiger partial charge in [-0.15, -0.1) is 0 Å². The lowest BCUT2D eigenvalue weighted by Crippen LogP contribution is -2.30. The monoisotopic (exact) mass is 1050 g/mol. The Morgan fingerprint density at radius 3 is 1.14 bits per heavy atom. The van der Waals surface area contributed by atoms with Crippen molar-refractivity contribution in [2.45, 2.75) is 238 Å². The minimum Gasteiger partial charge on any atom is -0.462 e. The number of aliphatic hydroxyl groups is 1. The molecule has 0 spiro atoms. The van der Waals surface area contributed by atoms with Crippen molar-refractivity contribution in [1.82, 2.24) is 0 Å². The molecule has 74 heavy (non-hydrogen) atoms. The molecule has 0 heterocycles. The van der Waals surface area contributed by atoms with Crippen LogP contribution < -0.4 is 0 Å². The molecule has 0 aromatic heterocycles. The van der Waals surface area contributed by atoms with E-state index in [1.165, 1.54) is 70.6 Å². The zero-order valence-electron chi connectivity index (χ0n) is 46.5. The SMILES string of the molecule is CC/C=C\C/C=C\C/C=C\C/C=C\C/C=C\CCCC(=O)OC(COC(=O)CCCC/C=C\C/C=C\C/C=C\C/C=C\CC)COP(=O)(O)OCC(CO)OC(=O)CCCCCCCCCCCCCCCCC. The van der Waals surface area contributed by atoms with Gasteiger partial charge in [0.1, 0.15) is 12.7 Å². The zero-order chi connectivity index (χ0) is 54.1. The maximum atomic E-state index is 12.9. The van der Waals surface area contributed by atoms with Gasteiger partial charge in [-0.25, -0.2) is 4.57 Å². The first-order valence-electron chi connectivity index (χ1n) is 28.8. The minimum atomic E-state index is -4.78. The molecule has 0 aliphatic carbocycles. The summed E-state index contributed by atoms with van der Waals surface area (Å²) in [7, 11) is -4.78. The Morgan fingerprint density at radius 1 is 0.392 bits per heavy atom. The molecule has 0 amide bonds. The summed E-state index contributed by atoms with van der Waals surface area (Å²) in [5, 5.41) is 9.82. The van der Waals surface area contributed by atoms with Crippen molar-refractivity contribution in [2.24, 2.45) is 0 Å². The van der Waals surface area contributed by atoms with Gasteiger partial charge in [-0.05, 0) is 96.3 Å². The molecule has 0 aliphatic rings. The van der Waals surface area contributed by atoms with E-state index < -0.39 is 57.8 Å². The van der Waals surface area contributed by atoms with E-state index >= 15 is 0 Å². The van der Waals surface area contributed by atoms with Gasteiger partial charge in [-0.1, -0.05) is 220 Å². The summed E-state index contributed by atoms with van der Waals surface area (Å²) < 4.78 is 39.4. The van der Waals surface area contributed by atoms with Gasteiger partial charge >= 0.3 is 25.7 Å². The fourth-order valence-electron chi connectivity index (χ4n) is 7.38.